The van der Waals surface area contributed by atoms with E-state index >= 15 is 0 Å². The first-order chi connectivity index (χ1) is 14.4. The number of nitro groups is 1. The molecule has 0 saturated heterocycles. The number of hydrogen-bond donors (Lipinski definition) is 0. The van der Waals surface area contributed by atoms with Crippen LogP contribution in [0, 0.1) is 10.1 Å². The Balaban J connectivity index is 2.37. The molecular weight excluding hydrogens is 619 g/mol. The molecule has 0 aliphatic rings. The van der Waals surface area contributed by atoms with E-state index in [0.29, 0.717) is 0 Å². The van der Waals surface area contributed by atoms with E-state index in [-0.39, 0.29) is 72.6 Å². The summed E-state index contributed by atoms with van der Waals surface area (Å²) in [5.74, 6) is 0. The Hall–Kier alpha value is -0.110. The van der Waals surface area contributed by atoms with Gasteiger partial charge in [0.25, 0.3) is 5.69 Å². The van der Waals surface area contributed by atoms with Gasteiger partial charge in [0.2, 0.25) is 0 Å². The van der Waals surface area contributed by atoms with Gasteiger partial charge in [0.15, 0.2) is 5.69 Å². The van der Waals surface area contributed by atoms with Crippen LogP contribution < -0.4 is 0 Å². The predicted molar refractivity (Wildman–Crippen MR) is 132 cm³/mol. The average molecular weight is 621 g/mol. The quantitative estimate of drug-likeness (QED) is 0.127. The Bertz CT molecular complexity index is 1220. The predicted octanol–water partition coefficient (Wildman–Crippen LogP) is 10.9. The topological polar surface area (TPSA) is 56.0 Å². The minimum Gasteiger partial charge on any atom is -0.258 e. The van der Waals surface area contributed by atoms with Crippen LogP contribution in [0.1, 0.15) is 0 Å². The van der Waals surface area contributed by atoms with Gasteiger partial charge in [-0.3, -0.25) is 10.1 Å². The normalized spacial score (nSPS) is 11.2. The molecule has 2 aromatic carbocycles. The molecule has 14 heteroatoms. The van der Waals surface area contributed by atoms with Gasteiger partial charge in [0, 0.05) is 29.0 Å². The summed E-state index contributed by atoms with van der Waals surface area (Å²) in [6.45, 7) is 0. The molecule has 4 nitrogen and oxygen atoms in total. The first-order valence-corrected chi connectivity index (χ1v) is 11.4. The summed E-state index contributed by atoms with van der Waals surface area (Å²) in [7, 11) is 0. The number of benzene rings is 2. The fourth-order valence-corrected chi connectivity index (χ4v) is 5.27. The second-order valence-corrected chi connectivity index (χ2v) is 9.52. The maximum absolute atomic E-state index is 11.8. The summed E-state index contributed by atoms with van der Waals surface area (Å²) in [6, 6.07) is 1.14. The van der Waals surface area contributed by atoms with Crippen molar-refractivity contribution in [1.82, 2.24) is 4.98 Å². The van der Waals surface area contributed by atoms with Crippen molar-refractivity contribution in [2.75, 3.05) is 0 Å². The summed E-state index contributed by atoms with van der Waals surface area (Å²) in [4.78, 5) is 15.3. The van der Waals surface area contributed by atoms with E-state index in [1.807, 2.05) is 0 Å². The van der Waals surface area contributed by atoms with Crippen molar-refractivity contribution >= 4 is 122 Å². The lowest BCUT2D eigenvalue weighted by Gasteiger charge is -2.15. The van der Waals surface area contributed by atoms with Gasteiger partial charge in [-0.2, -0.15) is 0 Å². The zero-order valence-electron chi connectivity index (χ0n) is 14.1. The maximum atomic E-state index is 11.8. The highest BCUT2D eigenvalue weighted by atomic mass is 35.5. The lowest BCUT2D eigenvalue weighted by molar-refractivity contribution is -0.384. The van der Waals surface area contributed by atoms with Crippen molar-refractivity contribution in [3.8, 4) is 22.4 Å². The van der Waals surface area contributed by atoms with Gasteiger partial charge in [-0.1, -0.05) is 116 Å². The van der Waals surface area contributed by atoms with Crippen molar-refractivity contribution in [3.05, 3.63) is 72.6 Å². The highest BCUT2D eigenvalue weighted by Crippen LogP contribution is 2.51. The summed E-state index contributed by atoms with van der Waals surface area (Å²) in [5.41, 5.74) is -0.586. The molecule has 0 saturated carbocycles. The van der Waals surface area contributed by atoms with Gasteiger partial charge in [0.1, 0.15) is 0 Å². The fraction of sp³-hybridized carbons (Fsp3) is 0. The van der Waals surface area contributed by atoms with E-state index in [4.69, 9.17) is 116 Å². The van der Waals surface area contributed by atoms with Crippen molar-refractivity contribution in [2.45, 2.75) is 0 Å². The molecule has 0 unspecified atom stereocenters. The van der Waals surface area contributed by atoms with Gasteiger partial charge >= 0.3 is 0 Å². The van der Waals surface area contributed by atoms with Crippen LogP contribution in [0.4, 0.5) is 5.69 Å². The number of rotatable bonds is 3. The Morgan fingerprint density at radius 3 is 1.35 bits per heavy atom. The minimum atomic E-state index is -0.712. The van der Waals surface area contributed by atoms with E-state index < -0.39 is 10.6 Å². The van der Waals surface area contributed by atoms with Crippen molar-refractivity contribution < 1.29 is 4.92 Å². The number of hydrogen-bond acceptors (Lipinski definition) is 3. The van der Waals surface area contributed by atoms with Crippen LogP contribution in [0.15, 0.2) is 12.3 Å². The zero-order chi connectivity index (χ0) is 23.4. The number of nitrogens with zero attached hydrogens (tertiary/aromatic N) is 2. The molecule has 0 N–H and O–H groups in total. The number of halogens is 10. The van der Waals surface area contributed by atoms with Crippen LogP contribution >= 0.6 is 116 Å². The Kier molecular flexibility index (Phi) is 7.93. The number of aromatic nitrogens is 1. The standard InChI is InChI=1S/C17H2Cl10N2O2/c18-7-5(8(19)12(23)15(26)11(7)22)3-1-4(29(30)31)17(28-2-3)6-9(20)13(24)16(27)14(25)10(6)21/h1-2H. The molecule has 0 fully saturated rings. The molecule has 0 radical (unpaired) electrons. The molecule has 0 aliphatic carbocycles. The van der Waals surface area contributed by atoms with Gasteiger partial charge in [0.05, 0.1) is 55.1 Å². The molecule has 162 valence electrons. The highest BCUT2D eigenvalue weighted by Gasteiger charge is 2.29. The minimum absolute atomic E-state index is 0.0647. The molecule has 0 aliphatic heterocycles. The molecule has 3 rings (SSSR count). The van der Waals surface area contributed by atoms with E-state index in [1.165, 1.54) is 6.20 Å². The van der Waals surface area contributed by atoms with Crippen molar-refractivity contribution in [3.63, 3.8) is 0 Å². The van der Waals surface area contributed by atoms with E-state index in [2.05, 4.69) is 4.98 Å². The summed E-state index contributed by atoms with van der Waals surface area (Å²) in [6.07, 6.45) is 1.24. The zero-order valence-corrected chi connectivity index (χ0v) is 21.7. The van der Waals surface area contributed by atoms with Gasteiger partial charge in [-0.15, -0.1) is 0 Å². The molecule has 1 aromatic heterocycles. The molecule has 31 heavy (non-hydrogen) atoms. The van der Waals surface area contributed by atoms with E-state index in [1.54, 1.807) is 0 Å². The summed E-state index contributed by atoms with van der Waals surface area (Å²) in [5, 5.41) is 10.7. The van der Waals surface area contributed by atoms with E-state index in [9.17, 15) is 10.1 Å². The van der Waals surface area contributed by atoms with Crippen LogP contribution in [0.25, 0.3) is 22.4 Å². The fourth-order valence-electron chi connectivity index (χ4n) is 2.59. The molecule has 0 bridgehead atoms. The Morgan fingerprint density at radius 2 is 0.968 bits per heavy atom. The molecule has 1 heterocycles. The Morgan fingerprint density at radius 1 is 0.613 bits per heavy atom. The largest absolute Gasteiger partial charge is 0.296 e. The maximum Gasteiger partial charge on any atom is 0.296 e. The Labute approximate surface area is 224 Å². The third-order valence-corrected chi connectivity index (χ3v) is 8.56. The first kappa shape index (κ1) is 25.5. The molecule has 3 aromatic rings. The van der Waals surface area contributed by atoms with Crippen LogP contribution in [0.2, 0.25) is 50.2 Å². The van der Waals surface area contributed by atoms with Crippen LogP contribution in [0.3, 0.4) is 0 Å². The molecular formula is C17H2Cl10N2O2. The van der Waals surface area contributed by atoms with Crippen LogP contribution in [-0.4, -0.2) is 9.91 Å². The van der Waals surface area contributed by atoms with Crippen LogP contribution in [0.5, 0.6) is 0 Å². The van der Waals surface area contributed by atoms with Crippen molar-refractivity contribution in [2.24, 2.45) is 0 Å². The third-order valence-electron chi connectivity index (χ3n) is 4.01. The van der Waals surface area contributed by atoms with Gasteiger partial charge in [-0.05, 0) is 0 Å². The van der Waals surface area contributed by atoms with Crippen LogP contribution in [-0.2, 0) is 0 Å². The second kappa shape index (κ2) is 9.63. The smallest absolute Gasteiger partial charge is 0.258 e. The van der Waals surface area contributed by atoms with E-state index in [0.717, 1.165) is 6.07 Å². The molecule has 0 spiro atoms. The SMILES string of the molecule is O=[N+]([O-])c1cc(-c2c(Cl)c(Cl)c(Cl)c(Cl)c2Cl)cnc1-c1c(Cl)c(Cl)c(Cl)c(Cl)c1Cl. The van der Waals surface area contributed by atoms with Crippen molar-refractivity contribution in [1.29, 1.82) is 0 Å². The molecule has 0 atom stereocenters. The summed E-state index contributed by atoms with van der Waals surface area (Å²) >= 11 is 61.3. The monoisotopic (exact) mass is 616 g/mol. The highest BCUT2D eigenvalue weighted by molar-refractivity contribution is 6.57. The van der Waals surface area contributed by atoms with Gasteiger partial charge < -0.3 is 0 Å². The molecule has 0 amide bonds. The average Bonchev–Trinajstić information content (AvgIpc) is 2.74. The van der Waals surface area contributed by atoms with Gasteiger partial charge in [-0.25, -0.2) is 4.98 Å². The lowest BCUT2D eigenvalue weighted by atomic mass is 10.0. The number of pyridine rings is 1. The third kappa shape index (κ3) is 4.38. The first-order valence-electron chi connectivity index (χ1n) is 7.58. The lowest BCUT2D eigenvalue weighted by Crippen LogP contribution is -1.99. The second-order valence-electron chi connectivity index (χ2n) is 5.74. The summed E-state index contributed by atoms with van der Waals surface area (Å²) < 4.78 is 0.